The number of piperidine rings is 1. The lowest BCUT2D eigenvalue weighted by molar-refractivity contribution is 0.102. The standard InChI is InChI=1S/C23H24F2N6O3S/c1-11-9-31(10-14(26)18(11)30-23(33)34)16-8-3-2-7-15(16)28-21(32)19-20(27)35-22(29-19)17-12(24)5-4-6-13(17)25/h2-8,11,14,18,30H,9-10,26-27H2,1H3,(H,28,32)(H,33,34)/t11-,14+,18+/m1/s1. The molecule has 0 bridgehead atoms. The molecule has 0 spiro atoms. The minimum absolute atomic E-state index is 0.0221. The van der Waals surface area contributed by atoms with Gasteiger partial charge in [0.15, 0.2) is 5.69 Å². The average Bonchev–Trinajstić information content (AvgIpc) is 3.17. The summed E-state index contributed by atoms with van der Waals surface area (Å²) in [7, 11) is 0. The number of carbonyl (C=O) groups excluding carboxylic acids is 1. The second-order valence-electron chi connectivity index (χ2n) is 8.32. The monoisotopic (exact) mass is 502 g/mol. The summed E-state index contributed by atoms with van der Waals surface area (Å²) in [5.74, 6) is -2.33. The number of rotatable bonds is 5. The Labute approximate surface area is 203 Å². The van der Waals surface area contributed by atoms with Crippen LogP contribution in [0.15, 0.2) is 42.5 Å². The van der Waals surface area contributed by atoms with Crippen LogP contribution in [0.4, 0.5) is 30.0 Å². The highest BCUT2D eigenvalue weighted by Gasteiger charge is 2.34. The summed E-state index contributed by atoms with van der Waals surface area (Å²) in [6.45, 7) is 2.76. The highest BCUT2D eigenvalue weighted by Crippen LogP contribution is 2.35. The zero-order valence-electron chi connectivity index (χ0n) is 18.7. The number of thiazole rings is 1. The van der Waals surface area contributed by atoms with E-state index in [1.54, 1.807) is 18.2 Å². The van der Waals surface area contributed by atoms with Crippen molar-refractivity contribution in [3.05, 3.63) is 59.8 Å². The Morgan fingerprint density at radius 3 is 2.49 bits per heavy atom. The van der Waals surface area contributed by atoms with Crippen LogP contribution >= 0.6 is 11.3 Å². The fourth-order valence-electron chi connectivity index (χ4n) is 4.25. The first-order chi connectivity index (χ1) is 16.7. The van der Waals surface area contributed by atoms with Gasteiger partial charge in [-0.25, -0.2) is 18.6 Å². The van der Waals surface area contributed by atoms with Crippen LogP contribution in [0.3, 0.4) is 0 Å². The van der Waals surface area contributed by atoms with Gasteiger partial charge in [0, 0.05) is 19.1 Å². The minimum Gasteiger partial charge on any atom is -0.465 e. The van der Waals surface area contributed by atoms with Crippen molar-refractivity contribution < 1.29 is 23.5 Å². The van der Waals surface area contributed by atoms with Gasteiger partial charge < -0.3 is 32.1 Å². The van der Waals surface area contributed by atoms with E-state index in [-0.39, 0.29) is 27.2 Å². The van der Waals surface area contributed by atoms with Crippen molar-refractivity contribution in [2.24, 2.45) is 11.7 Å². The molecule has 2 aromatic carbocycles. The van der Waals surface area contributed by atoms with E-state index < -0.39 is 35.7 Å². The van der Waals surface area contributed by atoms with Gasteiger partial charge in [0.05, 0.1) is 23.0 Å². The molecule has 0 aliphatic carbocycles. The van der Waals surface area contributed by atoms with Crippen molar-refractivity contribution in [2.45, 2.75) is 19.0 Å². The molecule has 0 saturated carbocycles. The summed E-state index contributed by atoms with van der Waals surface area (Å²) >= 11 is 0.817. The van der Waals surface area contributed by atoms with Gasteiger partial charge >= 0.3 is 6.09 Å². The predicted octanol–water partition coefficient (Wildman–Crippen LogP) is 3.34. The van der Waals surface area contributed by atoms with Gasteiger partial charge in [0.2, 0.25) is 0 Å². The number of hydrogen-bond acceptors (Lipinski definition) is 7. The number of hydrogen-bond donors (Lipinski definition) is 5. The van der Waals surface area contributed by atoms with Crippen molar-refractivity contribution in [1.82, 2.24) is 10.3 Å². The van der Waals surface area contributed by atoms with Crippen LogP contribution in [0, 0.1) is 17.6 Å². The van der Waals surface area contributed by atoms with Gasteiger partial charge in [0.1, 0.15) is 21.6 Å². The highest BCUT2D eigenvalue weighted by molar-refractivity contribution is 7.19. The molecule has 2 amide bonds. The zero-order chi connectivity index (χ0) is 25.3. The molecular formula is C23H24F2N6O3S. The van der Waals surface area contributed by atoms with Gasteiger partial charge in [-0.2, -0.15) is 0 Å². The Balaban J connectivity index is 1.57. The number of nitrogens with zero attached hydrogens (tertiary/aromatic N) is 2. The second-order valence-corrected chi connectivity index (χ2v) is 9.35. The number of aromatic nitrogens is 1. The van der Waals surface area contributed by atoms with Crippen LogP contribution in [-0.2, 0) is 0 Å². The Morgan fingerprint density at radius 2 is 1.83 bits per heavy atom. The predicted molar refractivity (Wildman–Crippen MR) is 131 cm³/mol. The van der Waals surface area contributed by atoms with Crippen LogP contribution in [0.1, 0.15) is 17.4 Å². The van der Waals surface area contributed by atoms with Gasteiger partial charge in [0.25, 0.3) is 5.91 Å². The number of carbonyl (C=O) groups is 2. The average molecular weight is 503 g/mol. The van der Waals surface area contributed by atoms with E-state index in [9.17, 15) is 18.4 Å². The lowest BCUT2D eigenvalue weighted by atomic mass is 9.89. The van der Waals surface area contributed by atoms with Gasteiger partial charge in [-0.1, -0.05) is 36.5 Å². The smallest absolute Gasteiger partial charge is 0.404 e. The first-order valence-electron chi connectivity index (χ1n) is 10.8. The Morgan fingerprint density at radius 1 is 1.14 bits per heavy atom. The molecule has 7 N–H and O–H groups in total. The number of benzene rings is 2. The van der Waals surface area contributed by atoms with E-state index >= 15 is 0 Å². The highest BCUT2D eigenvalue weighted by atomic mass is 32.1. The first-order valence-corrected chi connectivity index (χ1v) is 11.6. The first kappa shape index (κ1) is 24.4. The van der Waals surface area contributed by atoms with Crippen molar-refractivity contribution in [3.8, 4) is 10.6 Å². The maximum Gasteiger partial charge on any atom is 0.404 e. The fraction of sp³-hybridized carbons (Fsp3) is 0.261. The summed E-state index contributed by atoms with van der Waals surface area (Å²) in [5, 5.41) is 14.3. The molecule has 4 rings (SSSR count). The summed E-state index contributed by atoms with van der Waals surface area (Å²) in [6, 6.07) is 9.63. The Kier molecular flexibility index (Phi) is 6.85. The molecule has 12 heteroatoms. The number of amides is 2. The van der Waals surface area contributed by atoms with Crippen LogP contribution < -0.4 is 27.0 Å². The number of halogens is 2. The number of nitrogen functional groups attached to an aromatic ring is 1. The topological polar surface area (TPSA) is 147 Å². The third-order valence-electron chi connectivity index (χ3n) is 5.84. The number of anilines is 3. The van der Waals surface area contributed by atoms with Crippen LogP contribution in [0.5, 0.6) is 0 Å². The van der Waals surface area contributed by atoms with Crippen molar-refractivity contribution in [1.29, 1.82) is 0 Å². The largest absolute Gasteiger partial charge is 0.465 e. The fourth-order valence-corrected chi connectivity index (χ4v) is 5.13. The van der Waals surface area contributed by atoms with Gasteiger partial charge in [-0.3, -0.25) is 4.79 Å². The zero-order valence-corrected chi connectivity index (χ0v) is 19.5. The number of para-hydroxylation sites is 2. The van der Waals surface area contributed by atoms with E-state index in [1.807, 2.05) is 17.9 Å². The Bertz CT molecular complexity index is 1240. The van der Waals surface area contributed by atoms with E-state index in [0.29, 0.717) is 24.5 Å². The molecule has 3 aromatic rings. The second kappa shape index (κ2) is 9.84. The molecule has 3 atom stereocenters. The van der Waals surface area contributed by atoms with E-state index in [4.69, 9.17) is 16.6 Å². The van der Waals surface area contributed by atoms with Crippen molar-refractivity contribution in [2.75, 3.05) is 29.0 Å². The maximum absolute atomic E-state index is 14.2. The molecule has 2 heterocycles. The molecule has 1 aliphatic heterocycles. The quantitative estimate of drug-likeness (QED) is 0.360. The van der Waals surface area contributed by atoms with Crippen LogP contribution in [-0.4, -0.2) is 47.3 Å². The van der Waals surface area contributed by atoms with Crippen molar-refractivity contribution >= 4 is 39.7 Å². The molecule has 35 heavy (non-hydrogen) atoms. The summed E-state index contributed by atoms with van der Waals surface area (Å²) in [5.41, 5.74) is 12.9. The molecule has 184 valence electrons. The molecule has 1 aromatic heterocycles. The lowest BCUT2D eigenvalue weighted by Gasteiger charge is -2.42. The van der Waals surface area contributed by atoms with Crippen molar-refractivity contribution in [3.63, 3.8) is 0 Å². The Hall–Kier alpha value is -3.77. The lowest BCUT2D eigenvalue weighted by Crippen LogP contribution is -2.61. The molecular weight excluding hydrogens is 478 g/mol. The number of nitrogens with two attached hydrogens (primary N) is 2. The van der Waals surface area contributed by atoms with Gasteiger partial charge in [-0.05, 0) is 30.2 Å². The van der Waals surface area contributed by atoms with Gasteiger partial charge in [-0.15, -0.1) is 0 Å². The number of carboxylic acid groups (broad SMARTS) is 1. The molecule has 1 fully saturated rings. The molecule has 0 unspecified atom stereocenters. The minimum atomic E-state index is -1.13. The molecule has 1 aliphatic rings. The van der Waals surface area contributed by atoms with E-state index in [2.05, 4.69) is 15.6 Å². The summed E-state index contributed by atoms with van der Waals surface area (Å²) in [4.78, 5) is 30.2. The number of nitrogens with one attached hydrogen (secondary N) is 2. The van der Waals surface area contributed by atoms with Crippen LogP contribution in [0.25, 0.3) is 10.6 Å². The molecule has 0 radical (unpaired) electrons. The summed E-state index contributed by atoms with van der Waals surface area (Å²) < 4.78 is 28.4. The summed E-state index contributed by atoms with van der Waals surface area (Å²) in [6.07, 6.45) is -1.13. The third kappa shape index (κ3) is 5.03. The molecule has 1 saturated heterocycles. The third-order valence-corrected chi connectivity index (χ3v) is 6.74. The normalized spacial score (nSPS) is 19.9. The SMILES string of the molecule is C[C@@H]1CN(c2ccccc2NC(=O)c2nc(-c3c(F)cccc3F)sc2N)C[C@H](N)[C@H]1NC(=O)O. The molecule has 9 nitrogen and oxygen atoms in total. The maximum atomic E-state index is 14.2. The van der Waals surface area contributed by atoms with E-state index in [1.165, 1.54) is 6.07 Å². The van der Waals surface area contributed by atoms with E-state index in [0.717, 1.165) is 23.5 Å². The van der Waals surface area contributed by atoms with Crippen LogP contribution in [0.2, 0.25) is 0 Å².